The summed E-state index contributed by atoms with van der Waals surface area (Å²) in [4.78, 5) is 2.25. The van der Waals surface area contributed by atoms with Gasteiger partial charge in [0.1, 0.15) is 6.61 Å². The van der Waals surface area contributed by atoms with E-state index in [1.165, 1.54) is 17.4 Å². The van der Waals surface area contributed by atoms with Gasteiger partial charge in [0.25, 0.3) is 0 Å². The molecule has 0 saturated carbocycles. The zero-order valence-corrected chi connectivity index (χ0v) is 13.3. The molecule has 2 nitrogen and oxygen atoms in total. The molecule has 0 aliphatic heterocycles. The van der Waals surface area contributed by atoms with Gasteiger partial charge in [0.05, 0.1) is 12.8 Å². The first-order chi connectivity index (χ1) is 10.1. The second kappa shape index (κ2) is 8.85. The monoisotopic (exact) mass is 283 g/mol. The zero-order chi connectivity index (χ0) is 15.7. The van der Waals surface area contributed by atoms with Crippen LogP contribution in [-0.2, 0) is 4.74 Å². The molecule has 0 aliphatic carbocycles. The molecule has 1 aromatic carbocycles. The highest BCUT2D eigenvalue weighted by molar-refractivity contribution is 5.56. The standard InChI is InChI=1S/C19H25NO/c1-6-8-9-19(16(3)4)20(14-15-21-7-2)18-12-10-17(5)11-13-18/h6-13H,1-2,14-15H2,3-5H3/b9-8-. The molecule has 0 heterocycles. The van der Waals surface area contributed by atoms with Crippen molar-refractivity contribution < 1.29 is 4.74 Å². The number of hydrogen-bond donors (Lipinski definition) is 0. The predicted octanol–water partition coefficient (Wildman–Crippen LogP) is 5.00. The van der Waals surface area contributed by atoms with Crippen LogP contribution in [0.4, 0.5) is 5.69 Å². The highest BCUT2D eigenvalue weighted by Crippen LogP contribution is 2.22. The normalized spacial score (nSPS) is 10.2. The van der Waals surface area contributed by atoms with Gasteiger partial charge < -0.3 is 9.64 Å². The molecular formula is C19H25NO. The molecule has 1 aromatic rings. The lowest BCUT2D eigenvalue weighted by Crippen LogP contribution is -2.26. The third-order valence-electron chi connectivity index (χ3n) is 3.09. The third kappa shape index (κ3) is 5.35. The molecule has 0 bridgehead atoms. The quantitative estimate of drug-likeness (QED) is 0.378. The molecule has 0 amide bonds. The average Bonchev–Trinajstić information content (AvgIpc) is 2.46. The van der Waals surface area contributed by atoms with Gasteiger partial charge in [0.15, 0.2) is 0 Å². The summed E-state index contributed by atoms with van der Waals surface area (Å²) < 4.78 is 5.30. The summed E-state index contributed by atoms with van der Waals surface area (Å²) in [6.45, 7) is 15.0. The average molecular weight is 283 g/mol. The van der Waals surface area contributed by atoms with E-state index >= 15 is 0 Å². The lowest BCUT2D eigenvalue weighted by Gasteiger charge is -2.27. The predicted molar refractivity (Wildman–Crippen MR) is 92.4 cm³/mol. The fourth-order valence-electron chi connectivity index (χ4n) is 2.03. The van der Waals surface area contributed by atoms with E-state index in [4.69, 9.17) is 4.74 Å². The number of allylic oxidation sites excluding steroid dienone is 4. The zero-order valence-electron chi connectivity index (χ0n) is 13.3. The summed E-state index contributed by atoms with van der Waals surface area (Å²) in [5, 5.41) is 0. The van der Waals surface area contributed by atoms with Gasteiger partial charge in [-0.15, -0.1) is 0 Å². The molecule has 112 valence electrons. The second-order valence-corrected chi connectivity index (χ2v) is 5.00. The van der Waals surface area contributed by atoms with E-state index in [0.717, 1.165) is 17.9 Å². The van der Waals surface area contributed by atoms with Crippen LogP contribution in [0.2, 0.25) is 0 Å². The molecule has 0 aliphatic rings. The molecule has 0 fully saturated rings. The van der Waals surface area contributed by atoms with Gasteiger partial charge in [-0.2, -0.15) is 0 Å². The Labute approximate surface area is 128 Å². The molecule has 0 spiro atoms. The third-order valence-corrected chi connectivity index (χ3v) is 3.09. The van der Waals surface area contributed by atoms with Gasteiger partial charge >= 0.3 is 0 Å². The summed E-state index contributed by atoms with van der Waals surface area (Å²) in [5.41, 5.74) is 4.80. The molecule has 0 N–H and O–H groups in total. The van der Waals surface area contributed by atoms with Crippen molar-refractivity contribution in [2.75, 3.05) is 18.1 Å². The molecule has 0 unspecified atom stereocenters. The van der Waals surface area contributed by atoms with Crippen LogP contribution in [0.15, 0.2) is 73.2 Å². The van der Waals surface area contributed by atoms with E-state index in [2.05, 4.69) is 69.2 Å². The maximum Gasteiger partial charge on any atom is 0.105 e. The maximum absolute atomic E-state index is 5.30. The largest absolute Gasteiger partial charge is 0.500 e. The van der Waals surface area contributed by atoms with Crippen molar-refractivity contribution in [2.45, 2.75) is 20.8 Å². The number of hydrogen-bond acceptors (Lipinski definition) is 2. The Hall–Kier alpha value is -2.22. The number of aryl methyl sites for hydroxylation is 1. The first kappa shape index (κ1) is 16.8. The maximum atomic E-state index is 5.30. The summed E-state index contributed by atoms with van der Waals surface area (Å²) in [6, 6.07) is 8.51. The minimum absolute atomic E-state index is 0.593. The van der Waals surface area contributed by atoms with Crippen LogP contribution >= 0.6 is 0 Å². The van der Waals surface area contributed by atoms with Gasteiger partial charge in [0.2, 0.25) is 0 Å². The van der Waals surface area contributed by atoms with Crippen molar-refractivity contribution in [2.24, 2.45) is 0 Å². The Morgan fingerprint density at radius 3 is 2.38 bits per heavy atom. The Morgan fingerprint density at radius 2 is 1.86 bits per heavy atom. The van der Waals surface area contributed by atoms with Gasteiger partial charge in [-0.25, -0.2) is 0 Å². The Balaban J connectivity index is 3.13. The van der Waals surface area contributed by atoms with Crippen LogP contribution in [0.5, 0.6) is 0 Å². The van der Waals surface area contributed by atoms with E-state index < -0.39 is 0 Å². The van der Waals surface area contributed by atoms with Crippen molar-refractivity contribution in [1.82, 2.24) is 0 Å². The Bertz CT molecular complexity index is 519. The first-order valence-electron chi connectivity index (χ1n) is 7.13. The Morgan fingerprint density at radius 1 is 1.19 bits per heavy atom. The molecule has 0 radical (unpaired) electrons. The number of ether oxygens (including phenoxy) is 1. The van der Waals surface area contributed by atoms with Crippen LogP contribution in [0, 0.1) is 6.92 Å². The van der Waals surface area contributed by atoms with Crippen molar-refractivity contribution in [3.63, 3.8) is 0 Å². The minimum atomic E-state index is 0.593. The van der Waals surface area contributed by atoms with Gasteiger partial charge in [-0.05, 0) is 39.0 Å². The van der Waals surface area contributed by atoms with E-state index in [9.17, 15) is 0 Å². The van der Waals surface area contributed by atoms with Gasteiger partial charge in [0, 0.05) is 11.4 Å². The van der Waals surface area contributed by atoms with E-state index in [1.54, 1.807) is 6.08 Å². The summed E-state index contributed by atoms with van der Waals surface area (Å²) in [6.07, 6.45) is 7.31. The van der Waals surface area contributed by atoms with Crippen LogP contribution in [0.1, 0.15) is 19.4 Å². The van der Waals surface area contributed by atoms with E-state index in [0.29, 0.717) is 6.61 Å². The number of rotatable bonds is 8. The van der Waals surface area contributed by atoms with Crippen molar-refractivity contribution in [3.05, 3.63) is 78.7 Å². The van der Waals surface area contributed by atoms with Crippen LogP contribution in [0.25, 0.3) is 0 Å². The molecule has 0 aromatic heterocycles. The molecular weight excluding hydrogens is 258 g/mol. The van der Waals surface area contributed by atoms with Crippen LogP contribution < -0.4 is 4.90 Å². The lowest BCUT2D eigenvalue weighted by molar-refractivity contribution is 0.259. The summed E-state index contributed by atoms with van der Waals surface area (Å²) >= 11 is 0. The highest BCUT2D eigenvalue weighted by atomic mass is 16.5. The topological polar surface area (TPSA) is 12.5 Å². The lowest BCUT2D eigenvalue weighted by atomic mass is 10.1. The Kier molecular flexibility index (Phi) is 7.10. The fraction of sp³-hybridized carbons (Fsp3) is 0.263. The van der Waals surface area contributed by atoms with Crippen molar-refractivity contribution in [3.8, 4) is 0 Å². The molecule has 1 rings (SSSR count). The molecule has 0 saturated heterocycles. The first-order valence-corrected chi connectivity index (χ1v) is 7.13. The number of benzene rings is 1. The molecule has 0 atom stereocenters. The second-order valence-electron chi connectivity index (χ2n) is 5.00. The molecule has 21 heavy (non-hydrogen) atoms. The smallest absolute Gasteiger partial charge is 0.105 e. The number of nitrogens with zero attached hydrogens (tertiary/aromatic N) is 1. The summed E-state index contributed by atoms with van der Waals surface area (Å²) in [7, 11) is 0. The van der Waals surface area contributed by atoms with Crippen molar-refractivity contribution >= 4 is 5.69 Å². The van der Waals surface area contributed by atoms with Crippen molar-refractivity contribution in [1.29, 1.82) is 0 Å². The van der Waals surface area contributed by atoms with E-state index in [1.807, 2.05) is 6.08 Å². The SMILES string of the molecule is C=C/C=C\C(=C(C)C)N(CCOC=C)c1ccc(C)cc1. The summed E-state index contributed by atoms with van der Waals surface area (Å²) in [5.74, 6) is 0. The van der Waals surface area contributed by atoms with E-state index in [-0.39, 0.29) is 0 Å². The van der Waals surface area contributed by atoms with Crippen LogP contribution in [0.3, 0.4) is 0 Å². The number of anilines is 1. The van der Waals surface area contributed by atoms with Crippen LogP contribution in [-0.4, -0.2) is 13.2 Å². The minimum Gasteiger partial charge on any atom is -0.500 e. The van der Waals surface area contributed by atoms with Gasteiger partial charge in [-0.3, -0.25) is 0 Å². The fourth-order valence-corrected chi connectivity index (χ4v) is 2.03. The van der Waals surface area contributed by atoms with Gasteiger partial charge in [-0.1, -0.05) is 48.6 Å². The highest BCUT2D eigenvalue weighted by Gasteiger charge is 2.11. The molecule has 2 heteroatoms.